The summed E-state index contributed by atoms with van der Waals surface area (Å²) in [5.74, 6) is 0. The van der Waals surface area contributed by atoms with E-state index in [1.54, 1.807) is 11.3 Å². The van der Waals surface area contributed by atoms with Crippen LogP contribution in [-0.2, 0) is 0 Å². The van der Waals surface area contributed by atoms with E-state index in [2.05, 4.69) is 0 Å². The first-order valence-corrected chi connectivity index (χ1v) is 5.64. The van der Waals surface area contributed by atoms with Crippen molar-refractivity contribution in [3.8, 4) is 0 Å². The largest absolute Gasteiger partial charge is 0.330 e. The molecule has 0 fully saturated rings. The summed E-state index contributed by atoms with van der Waals surface area (Å²) >= 11 is 7.37. The normalized spacial score (nSPS) is 13.2. The highest BCUT2D eigenvalue weighted by Gasteiger charge is 2.07. The van der Waals surface area contributed by atoms with E-state index < -0.39 is 0 Å². The van der Waals surface area contributed by atoms with Crippen LogP contribution in [0, 0.1) is 0 Å². The molecule has 4 heteroatoms. The molecular formula is C9H15ClN2S. The predicted octanol–water partition coefficient (Wildman–Crippen LogP) is 2.53. The second-order valence-electron chi connectivity index (χ2n) is 3.03. The van der Waals surface area contributed by atoms with E-state index >= 15 is 0 Å². The Kier molecular flexibility index (Phi) is 4.73. The van der Waals surface area contributed by atoms with Crippen molar-refractivity contribution in [2.45, 2.75) is 25.3 Å². The van der Waals surface area contributed by atoms with Gasteiger partial charge < -0.3 is 11.5 Å². The molecular weight excluding hydrogens is 204 g/mol. The number of unbranched alkanes of at least 4 members (excludes halogenated alkanes) is 1. The lowest BCUT2D eigenvalue weighted by molar-refractivity contribution is 0.598. The number of thiophene rings is 1. The first-order valence-electron chi connectivity index (χ1n) is 4.45. The summed E-state index contributed by atoms with van der Waals surface area (Å²) in [6.07, 6.45) is 3.13. The molecule has 1 heterocycles. The molecule has 0 aliphatic rings. The monoisotopic (exact) mass is 218 g/mol. The molecule has 1 rings (SSSR count). The Morgan fingerprint density at radius 3 is 2.69 bits per heavy atom. The van der Waals surface area contributed by atoms with Crippen molar-refractivity contribution >= 4 is 22.9 Å². The van der Waals surface area contributed by atoms with Gasteiger partial charge in [-0.2, -0.15) is 0 Å². The van der Waals surface area contributed by atoms with Crippen LogP contribution in [0.4, 0.5) is 0 Å². The van der Waals surface area contributed by atoms with Crippen LogP contribution in [0.1, 0.15) is 30.2 Å². The SMILES string of the molecule is NCCCC[C@H](N)c1ccc(Cl)s1. The fourth-order valence-electron chi connectivity index (χ4n) is 1.18. The fraction of sp³-hybridized carbons (Fsp3) is 0.556. The zero-order chi connectivity index (χ0) is 9.68. The van der Waals surface area contributed by atoms with Gasteiger partial charge in [-0.1, -0.05) is 18.0 Å². The van der Waals surface area contributed by atoms with Crippen LogP contribution in [0.3, 0.4) is 0 Å². The van der Waals surface area contributed by atoms with E-state index in [4.69, 9.17) is 23.1 Å². The summed E-state index contributed by atoms with van der Waals surface area (Å²) in [6.45, 7) is 0.748. The van der Waals surface area contributed by atoms with Crippen LogP contribution in [0.5, 0.6) is 0 Å². The van der Waals surface area contributed by atoms with Gasteiger partial charge in [0.25, 0.3) is 0 Å². The first-order chi connectivity index (χ1) is 6.24. The zero-order valence-electron chi connectivity index (χ0n) is 7.50. The minimum absolute atomic E-state index is 0.129. The maximum atomic E-state index is 5.96. The lowest BCUT2D eigenvalue weighted by Gasteiger charge is -2.07. The zero-order valence-corrected chi connectivity index (χ0v) is 9.07. The number of halogens is 1. The molecule has 2 nitrogen and oxygen atoms in total. The van der Waals surface area contributed by atoms with Gasteiger partial charge >= 0.3 is 0 Å². The summed E-state index contributed by atoms with van der Waals surface area (Å²) in [6, 6.07) is 4.02. The Labute approximate surface area is 87.9 Å². The van der Waals surface area contributed by atoms with E-state index in [0.29, 0.717) is 0 Å². The topological polar surface area (TPSA) is 52.0 Å². The van der Waals surface area contributed by atoms with E-state index in [0.717, 1.165) is 30.1 Å². The smallest absolute Gasteiger partial charge is 0.0931 e. The van der Waals surface area contributed by atoms with Crippen molar-refractivity contribution in [1.29, 1.82) is 0 Å². The summed E-state index contributed by atoms with van der Waals surface area (Å²) in [5, 5.41) is 0. The average Bonchev–Trinajstić information content (AvgIpc) is 2.52. The molecule has 0 radical (unpaired) electrons. The summed E-state index contributed by atoms with van der Waals surface area (Å²) in [5.41, 5.74) is 11.4. The van der Waals surface area contributed by atoms with E-state index in [9.17, 15) is 0 Å². The van der Waals surface area contributed by atoms with Gasteiger partial charge in [0.15, 0.2) is 0 Å². The lowest BCUT2D eigenvalue weighted by Crippen LogP contribution is -2.09. The molecule has 1 aromatic heterocycles. The Morgan fingerprint density at radius 1 is 1.38 bits per heavy atom. The molecule has 74 valence electrons. The van der Waals surface area contributed by atoms with Gasteiger partial charge in [0.05, 0.1) is 4.34 Å². The van der Waals surface area contributed by atoms with Crippen molar-refractivity contribution in [1.82, 2.24) is 0 Å². The van der Waals surface area contributed by atoms with Gasteiger partial charge in [0.2, 0.25) is 0 Å². The van der Waals surface area contributed by atoms with Crippen molar-refractivity contribution in [2.75, 3.05) is 6.54 Å². The van der Waals surface area contributed by atoms with Crippen molar-refractivity contribution in [3.05, 3.63) is 21.3 Å². The highest BCUT2D eigenvalue weighted by molar-refractivity contribution is 7.16. The highest BCUT2D eigenvalue weighted by atomic mass is 35.5. The van der Waals surface area contributed by atoms with Crippen molar-refractivity contribution in [3.63, 3.8) is 0 Å². The molecule has 0 saturated heterocycles. The van der Waals surface area contributed by atoms with Gasteiger partial charge in [0, 0.05) is 10.9 Å². The molecule has 0 aliphatic heterocycles. The van der Waals surface area contributed by atoms with E-state index in [-0.39, 0.29) is 6.04 Å². The van der Waals surface area contributed by atoms with Crippen LogP contribution in [-0.4, -0.2) is 6.54 Å². The van der Waals surface area contributed by atoms with E-state index in [1.807, 2.05) is 12.1 Å². The Bertz CT molecular complexity index is 250. The maximum absolute atomic E-state index is 5.96. The van der Waals surface area contributed by atoms with Crippen molar-refractivity contribution < 1.29 is 0 Å². The molecule has 0 aromatic carbocycles. The third kappa shape index (κ3) is 3.65. The molecule has 0 bridgehead atoms. The minimum Gasteiger partial charge on any atom is -0.330 e. The quantitative estimate of drug-likeness (QED) is 0.747. The Hall–Kier alpha value is -0.0900. The van der Waals surface area contributed by atoms with Crippen LogP contribution in [0.25, 0.3) is 0 Å². The number of hydrogen-bond acceptors (Lipinski definition) is 3. The molecule has 13 heavy (non-hydrogen) atoms. The van der Waals surface area contributed by atoms with Crippen LogP contribution >= 0.6 is 22.9 Å². The van der Waals surface area contributed by atoms with Crippen LogP contribution in [0.15, 0.2) is 12.1 Å². The minimum atomic E-state index is 0.129. The molecule has 0 spiro atoms. The van der Waals surface area contributed by atoms with Gasteiger partial charge in [-0.25, -0.2) is 0 Å². The van der Waals surface area contributed by atoms with Crippen LogP contribution in [0.2, 0.25) is 4.34 Å². The van der Waals surface area contributed by atoms with Gasteiger partial charge in [-0.3, -0.25) is 0 Å². The summed E-state index contributed by atoms with van der Waals surface area (Å²) in [4.78, 5) is 1.17. The molecule has 0 saturated carbocycles. The second kappa shape index (κ2) is 5.60. The van der Waals surface area contributed by atoms with Gasteiger partial charge in [-0.15, -0.1) is 11.3 Å². The van der Waals surface area contributed by atoms with Crippen LogP contribution < -0.4 is 11.5 Å². The fourth-order valence-corrected chi connectivity index (χ4v) is 2.28. The standard InChI is InChI=1S/C9H15ClN2S/c10-9-5-4-8(13-9)7(12)3-1-2-6-11/h4-5,7H,1-3,6,11-12H2/t7-/m0/s1. The number of rotatable bonds is 5. The third-order valence-electron chi connectivity index (χ3n) is 1.93. The van der Waals surface area contributed by atoms with Gasteiger partial charge in [-0.05, 0) is 31.5 Å². The molecule has 0 aliphatic carbocycles. The predicted molar refractivity (Wildman–Crippen MR) is 59.2 cm³/mol. The number of hydrogen-bond donors (Lipinski definition) is 2. The second-order valence-corrected chi connectivity index (χ2v) is 4.78. The third-order valence-corrected chi connectivity index (χ3v) is 3.29. The van der Waals surface area contributed by atoms with E-state index in [1.165, 1.54) is 4.88 Å². The molecule has 1 atom stereocenters. The summed E-state index contributed by atoms with van der Waals surface area (Å²) in [7, 11) is 0. The average molecular weight is 219 g/mol. The lowest BCUT2D eigenvalue weighted by atomic mass is 10.1. The molecule has 0 unspecified atom stereocenters. The maximum Gasteiger partial charge on any atom is 0.0931 e. The Morgan fingerprint density at radius 2 is 2.15 bits per heavy atom. The summed E-state index contributed by atoms with van der Waals surface area (Å²) < 4.78 is 0.810. The molecule has 4 N–H and O–H groups in total. The van der Waals surface area contributed by atoms with Crippen molar-refractivity contribution in [2.24, 2.45) is 11.5 Å². The molecule has 1 aromatic rings. The highest BCUT2D eigenvalue weighted by Crippen LogP contribution is 2.27. The first kappa shape index (κ1) is 11.0. The van der Waals surface area contributed by atoms with Gasteiger partial charge in [0.1, 0.15) is 0 Å². The Balaban J connectivity index is 2.35. The number of nitrogens with two attached hydrogens (primary N) is 2. The molecule has 0 amide bonds.